The molecule has 0 N–H and O–H groups in total. The molecule has 2 atom stereocenters. The Balaban J connectivity index is 1.55. The van der Waals surface area contributed by atoms with Crippen LogP contribution in [0.1, 0.15) is 55.7 Å². The molecular formula is C13H15N3O. The maximum atomic E-state index is 8.81. The second-order valence-corrected chi connectivity index (χ2v) is 5.77. The number of aromatic nitrogens is 2. The third-order valence-corrected chi connectivity index (χ3v) is 4.29. The van der Waals surface area contributed by atoms with Gasteiger partial charge in [-0.05, 0) is 43.9 Å². The van der Waals surface area contributed by atoms with E-state index in [0.29, 0.717) is 11.8 Å². The highest BCUT2D eigenvalue weighted by Gasteiger charge is 2.47. The van der Waals surface area contributed by atoms with Crippen LogP contribution in [0.3, 0.4) is 0 Å². The summed E-state index contributed by atoms with van der Waals surface area (Å²) in [6.45, 7) is 0. The molecule has 2 unspecified atom stereocenters. The van der Waals surface area contributed by atoms with E-state index in [0.717, 1.165) is 24.1 Å². The summed E-state index contributed by atoms with van der Waals surface area (Å²) in [6, 6.07) is 2.27. The third-order valence-electron chi connectivity index (χ3n) is 4.29. The van der Waals surface area contributed by atoms with Crippen LogP contribution in [-0.2, 0) is 0 Å². The summed E-state index contributed by atoms with van der Waals surface area (Å²) >= 11 is 0. The Bertz CT molecular complexity index is 469. The quantitative estimate of drug-likeness (QED) is 0.796. The summed E-state index contributed by atoms with van der Waals surface area (Å²) in [4.78, 5) is 4.56. The molecule has 0 aliphatic heterocycles. The maximum absolute atomic E-state index is 8.81. The number of nitrogens with zero attached hydrogens (tertiary/aromatic N) is 3. The molecule has 3 aliphatic carbocycles. The van der Waals surface area contributed by atoms with Crippen LogP contribution in [0.2, 0.25) is 0 Å². The van der Waals surface area contributed by atoms with E-state index in [2.05, 4.69) is 16.2 Å². The van der Waals surface area contributed by atoms with Crippen LogP contribution in [0.15, 0.2) is 4.52 Å². The van der Waals surface area contributed by atoms with Crippen LogP contribution >= 0.6 is 0 Å². The first-order valence-electron chi connectivity index (χ1n) is 6.60. The van der Waals surface area contributed by atoms with Crippen LogP contribution in [0.4, 0.5) is 0 Å². The lowest BCUT2D eigenvalue weighted by Crippen LogP contribution is -2.06. The van der Waals surface area contributed by atoms with Crippen LogP contribution in [-0.4, -0.2) is 10.1 Å². The molecule has 1 aromatic rings. The standard InChI is InChI=1S/C13H15N3O/c14-6-9-5-10(9)13-15-12(16-17-13)11(7-1-2-7)8-3-4-8/h7-11H,1-5H2. The van der Waals surface area contributed by atoms with Crippen molar-refractivity contribution in [2.45, 2.75) is 43.9 Å². The van der Waals surface area contributed by atoms with Crippen molar-refractivity contribution in [3.63, 3.8) is 0 Å². The van der Waals surface area contributed by atoms with E-state index >= 15 is 0 Å². The molecule has 88 valence electrons. The highest BCUT2D eigenvalue weighted by Crippen LogP contribution is 2.54. The number of rotatable bonds is 4. The predicted octanol–water partition coefficient (Wildman–Crippen LogP) is 2.60. The van der Waals surface area contributed by atoms with Gasteiger partial charge in [-0.3, -0.25) is 0 Å². The molecule has 3 aliphatic rings. The van der Waals surface area contributed by atoms with Gasteiger partial charge in [-0.1, -0.05) is 5.16 Å². The Kier molecular flexibility index (Phi) is 1.88. The molecule has 17 heavy (non-hydrogen) atoms. The largest absolute Gasteiger partial charge is 0.339 e. The van der Waals surface area contributed by atoms with Crippen LogP contribution in [0, 0.1) is 29.1 Å². The molecule has 4 nitrogen and oxygen atoms in total. The number of nitriles is 1. The Labute approximate surface area is 100 Å². The van der Waals surface area contributed by atoms with Crippen molar-refractivity contribution in [1.29, 1.82) is 5.26 Å². The van der Waals surface area contributed by atoms with E-state index in [4.69, 9.17) is 9.78 Å². The zero-order valence-electron chi connectivity index (χ0n) is 9.67. The average Bonchev–Trinajstić information content (AvgIpc) is 3.19. The molecular weight excluding hydrogens is 214 g/mol. The summed E-state index contributed by atoms with van der Waals surface area (Å²) < 4.78 is 5.35. The molecule has 1 aromatic heterocycles. The highest BCUT2D eigenvalue weighted by molar-refractivity contribution is 5.17. The molecule has 0 radical (unpaired) electrons. The first kappa shape index (κ1) is 9.64. The van der Waals surface area contributed by atoms with Gasteiger partial charge in [0.05, 0.1) is 17.9 Å². The van der Waals surface area contributed by atoms with Gasteiger partial charge in [0, 0.05) is 5.92 Å². The van der Waals surface area contributed by atoms with E-state index in [9.17, 15) is 0 Å². The highest BCUT2D eigenvalue weighted by atomic mass is 16.5. The minimum Gasteiger partial charge on any atom is -0.339 e. The summed E-state index contributed by atoms with van der Waals surface area (Å²) in [7, 11) is 0. The Morgan fingerprint density at radius 2 is 1.94 bits per heavy atom. The first-order chi connectivity index (χ1) is 8.36. The molecule has 0 bridgehead atoms. The van der Waals surface area contributed by atoms with Gasteiger partial charge in [0.1, 0.15) is 0 Å². The van der Waals surface area contributed by atoms with Crippen molar-refractivity contribution in [3.8, 4) is 6.07 Å². The summed E-state index contributed by atoms with van der Waals surface area (Å²) in [6.07, 6.45) is 6.21. The first-order valence-corrected chi connectivity index (χ1v) is 6.60. The van der Waals surface area contributed by atoms with E-state index in [1.54, 1.807) is 0 Å². The van der Waals surface area contributed by atoms with E-state index in [-0.39, 0.29) is 11.8 Å². The SMILES string of the molecule is N#CC1CC1c1nc(C(C2CC2)C2CC2)no1. The molecule has 3 saturated carbocycles. The normalized spacial score (nSPS) is 31.5. The number of hydrogen-bond donors (Lipinski definition) is 0. The van der Waals surface area contributed by atoms with Gasteiger partial charge < -0.3 is 4.52 Å². The Morgan fingerprint density at radius 3 is 2.47 bits per heavy atom. The zero-order chi connectivity index (χ0) is 11.4. The van der Waals surface area contributed by atoms with Gasteiger partial charge in [0.25, 0.3) is 0 Å². The number of hydrogen-bond acceptors (Lipinski definition) is 4. The van der Waals surface area contributed by atoms with Crippen molar-refractivity contribution < 1.29 is 4.52 Å². The Morgan fingerprint density at radius 1 is 1.24 bits per heavy atom. The van der Waals surface area contributed by atoms with E-state index < -0.39 is 0 Å². The second kappa shape index (κ2) is 3.32. The van der Waals surface area contributed by atoms with Gasteiger partial charge in [-0.15, -0.1) is 0 Å². The summed E-state index contributed by atoms with van der Waals surface area (Å²) in [5.74, 6) is 4.12. The van der Waals surface area contributed by atoms with Crippen LogP contribution in [0.25, 0.3) is 0 Å². The molecule has 0 aromatic carbocycles. The lowest BCUT2D eigenvalue weighted by atomic mass is 9.97. The molecule has 1 heterocycles. The summed E-state index contributed by atoms with van der Waals surface area (Å²) in [5, 5.41) is 13.0. The van der Waals surface area contributed by atoms with Gasteiger partial charge in [0.15, 0.2) is 5.82 Å². The van der Waals surface area contributed by atoms with E-state index in [1.807, 2.05) is 0 Å². The molecule has 0 amide bonds. The predicted molar refractivity (Wildman–Crippen MR) is 58.9 cm³/mol. The average molecular weight is 229 g/mol. The fourth-order valence-electron chi connectivity index (χ4n) is 2.86. The van der Waals surface area contributed by atoms with E-state index in [1.165, 1.54) is 25.7 Å². The van der Waals surface area contributed by atoms with Crippen molar-refractivity contribution in [2.75, 3.05) is 0 Å². The molecule has 0 saturated heterocycles. The molecule has 4 rings (SSSR count). The molecule has 4 heteroatoms. The Hall–Kier alpha value is -1.37. The van der Waals surface area contributed by atoms with Crippen molar-refractivity contribution >= 4 is 0 Å². The minimum atomic E-state index is 0.114. The van der Waals surface area contributed by atoms with Gasteiger partial charge in [-0.2, -0.15) is 10.2 Å². The van der Waals surface area contributed by atoms with Gasteiger partial charge >= 0.3 is 0 Å². The lowest BCUT2D eigenvalue weighted by Gasteiger charge is -2.08. The van der Waals surface area contributed by atoms with Crippen LogP contribution in [0.5, 0.6) is 0 Å². The molecule has 3 fully saturated rings. The maximum Gasteiger partial charge on any atom is 0.231 e. The monoisotopic (exact) mass is 229 g/mol. The molecule has 0 spiro atoms. The topological polar surface area (TPSA) is 62.7 Å². The fraction of sp³-hybridized carbons (Fsp3) is 0.769. The van der Waals surface area contributed by atoms with Crippen LogP contribution < -0.4 is 0 Å². The lowest BCUT2D eigenvalue weighted by molar-refractivity contribution is 0.362. The second-order valence-electron chi connectivity index (χ2n) is 5.77. The van der Waals surface area contributed by atoms with Crippen molar-refractivity contribution in [3.05, 3.63) is 11.7 Å². The van der Waals surface area contributed by atoms with Crippen molar-refractivity contribution in [1.82, 2.24) is 10.1 Å². The van der Waals surface area contributed by atoms with Gasteiger partial charge in [0.2, 0.25) is 5.89 Å². The fourth-order valence-corrected chi connectivity index (χ4v) is 2.86. The van der Waals surface area contributed by atoms with Gasteiger partial charge in [-0.25, -0.2) is 0 Å². The smallest absolute Gasteiger partial charge is 0.231 e. The third kappa shape index (κ3) is 1.65. The minimum absolute atomic E-state index is 0.114. The van der Waals surface area contributed by atoms with Crippen molar-refractivity contribution in [2.24, 2.45) is 17.8 Å². The summed E-state index contributed by atoms with van der Waals surface area (Å²) in [5.41, 5.74) is 0. The zero-order valence-corrected chi connectivity index (χ0v) is 9.67.